The summed E-state index contributed by atoms with van der Waals surface area (Å²) in [6, 6.07) is 7.68. The number of likely N-dealkylation sites (N-methyl/N-ethyl adjacent to an activating group) is 1. The molecule has 1 aromatic carbocycles. The van der Waals surface area contributed by atoms with E-state index in [0.717, 1.165) is 12.0 Å². The molecule has 0 saturated carbocycles. The van der Waals surface area contributed by atoms with Crippen LogP contribution in [-0.2, 0) is 11.2 Å². The average Bonchev–Trinajstić information content (AvgIpc) is 2.28. The van der Waals surface area contributed by atoms with E-state index in [9.17, 15) is 4.79 Å². The molecule has 0 heterocycles. The Bertz CT molecular complexity index is 377. The summed E-state index contributed by atoms with van der Waals surface area (Å²) in [6.45, 7) is 2.35. The van der Waals surface area contributed by atoms with E-state index < -0.39 is 6.10 Å². The van der Waals surface area contributed by atoms with Crippen LogP contribution in [-0.4, -0.2) is 37.6 Å². The molecule has 1 atom stereocenters. The van der Waals surface area contributed by atoms with E-state index in [0.29, 0.717) is 12.3 Å². The Morgan fingerprint density at radius 2 is 2.18 bits per heavy atom. The fourth-order valence-electron chi connectivity index (χ4n) is 1.56. The monoisotopic (exact) mass is 236 g/mol. The average molecular weight is 236 g/mol. The van der Waals surface area contributed by atoms with Crippen LogP contribution < -0.4 is 10.5 Å². The highest BCUT2D eigenvalue weighted by Crippen LogP contribution is 2.15. The molecule has 1 unspecified atom stereocenters. The van der Waals surface area contributed by atoms with E-state index in [1.165, 1.54) is 4.90 Å². The van der Waals surface area contributed by atoms with Gasteiger partial charge in [0.2, 0.25) is 0 Å². The molecular weight excluding hydrogens is 216 g/mol. The summed E-state index contributed by atoms with van der Waals surface area (Å²) in [5.74, 6) is 0.660. The minimum atomic E-state index is -0.474. The van der Waals surface area contributed by atoms with E-state index in [4.69, 9.17) is 10.5 Å². The Morgan fingerprint density at radius 3 is 2.76 bits per heavy atom. The molecule has 4 heteroatoms. The fraction of sp³-hybridized carbons (Fsp3) is 0.462. The van der Waals surface area contributed by atoms with Gasteiger partial charge >= 0.3 is 0 Å². The summed E-state index contributed by atoms with van der Waals surface area (Å²) in [5.41, 5.74) is 6.62. The second-order valence-corrected chi connectivity index (χ2v) is 4.18. The maximum Gasteiger partial charge on any atom is 0.262 e. The second kappa shape index (κ2) is 6.25. The second-order valence-electron chi connectivity index (χ2n) is 4.18. The molecule has 0 aromatic heterocycles. The van der Waals surface area contributed by atoms with Gasteiger partial charge in [-0.1, -0.05) is 12.1 Å². The number of carbonyl (C=O) groups is 1. The van der Waals surface area contributed by atoms with Gasteiger partial charge in [0.05, 0.1) is 0 Å². The zero-order chi connectivity index (χ0) is 12.8. The van der Waals surface area contributed by atoms with Crippen molar-refractivity contribution >= 4 is 5.91 Å². The molecule has 0 fully saturated rings. The van der Waals surface area contributed by atoms with Crippen molar-refractivity contribution in [3.8, 4) is 5.75 Å². The largest absolute Gasteiger partial charge is 0.481 e. The standard InChI is InChI=1S/C13H20N2O2/c1-10(13(16)15(2)3)17-12-6-4-5-11(9-12)7-8-14/h4-6,9-10H,7-8,14H2,1-3H3. The van der Waals surface area contributed by atoms with E-state index in [2.05, 4.69) is 0 Å². The van der Waals surface area contributed by atoms with Crippen molar-refractivity contribution in [3.63, 3.8) is 0 Å². The van der Waals surface area contributed by atoms with Crippen molar-refractivity contribution in [3.05, 3.63) is 29.8 Å². The van der Waals surface area contributed by atoms with Gasteiger partial charge in [0, 0.05) is 14.1 Å². The molecule has 2 N–H and O–H groups in total. The van der Waals surface area contributed by atoms with Crippen molar-refractivity contribution in [1.82, 2.24) is 4.90 Å². The van der Waals surface area contributed by atoms with Crippen LogP contribution in [0.2, 0.25) is 0 Å². The van der Waals surface area contributed by atoms with Crippen LogP contribution in [0.5, 0.6) is 5.75 Å². The molecular formula is C13H20N2O2. The van der Waals surface area contributed by atoms with Crippen LogP contribution in [0.4, 0.5) is 0 Å². The summed E-state index contributed by atoms with van der Waals surface area (Å²) < 4.78 is 5.59. The molecule has 0 radical (unpaired) electrons. The fourth-order valence-corrected chi connectivity index (χ4v) is 1.56. The number of hydrogen-bond donors (Lipinski definition) is 1. The molecule has 94 valence electrons. The number of rotatable bonds is 5. The maximum absolute atomic E-state index is 11.6. The number of nitrogens with zero attached hydrogens (tertiary/aromatic N) is 1. The topological polar surface area (TPSA) is 55.6 Å². The summed E-state index contributed by atoms with van der Waals surface area (Å²) in [6.07, 6.45) is 0.339. The molecule has 1 amide bonds. The van der Waals surface area contributed by atoms with Gasteiger partial charge in [0.1, 0.15) is 5.75 Å². The quantitative estimate of drug-likeness (QED) is 0.831. The van der Waals surface area contributed by atoms with Crippen LogP contribution in [0, 0.1) is 0 Å². The van der Waals surface area contributed by atoms with Gasteiger partial charge in [0.25, 0.3) is 5.91 Å². The van der Waals surface area contributed by atoms with Crippen molar-refractivity contribution in [2.45, 2.75) is 19.4 Å². The molecule has 0 bridgehead atoms. The van der Waals surface area contributed by atoms with Gasteiger partial charge in [-0.2, -0.15) is 0 Å². The highest BCUT2D eigenvalue weighted by molar-refractivity contribution is 5.80. The van der Waals surface area contributed by atoms with Gasteiger partial charge in [-0.05, 0) is 37.6 Å². The van der Waals surface area contributed by atoms with Crippen molar-refractivity contribution in [2.24, 2.45) is 5.73 Å². The Labute approximate surface area is 102 Å². The van der Waals surface area contributed by atoms with Crippen molar-refractivity contribution in [1.29, 1.82) is 0 Å². The molecule has 0 spiro atoms. The molecule has 1 aromatic rings. The van der Waals surface area contributed by atoms with Crippen LogP contribution >= 0.6 is 0 Å². The zero-order valence-corrected chi connectivity index (χ0v) is 10.6. The SMILES string of the molecule is CC(Oc1cccc(CCN)c1)C(=O)N(C)C. The Kier molecular flexibility index (Phi) is 4.97. The first-order valence-electron chi connectivity index (χ1n) is 5.71. The lowest BCUT2D eigenvalue weighted by Crippen LogP contribution is -2.35. The number of nitrogens with two attached hydrogens (primary N) is 1. The van der Waals surface area contributed by atoms with Crippen LogP contribution in [0.1, 0.15) is 12.5 Å². The number of ether oxygens (including phenoxy) is 1. The smallest absolute Gasteiger partial charge is 0.262 e. The summed E-state index contributed by atoms with van der Waals surface area (Å²) >= 11 is 0. The van der Waals surface area contributed by atoms with Gasteiger partial charge in [-0.15, -0.1) is 0 Å². The van der Waals surface area contributed by atoms with E-state index in [1.54, 1.807) is 21.0 Å². The summed E-state index contributed by atoms with van der Waals surface area (Å²) in [4.78, 5) is 13.2. The highest BCUT2D eigenvalue weighted by atomic mass is 16.5. The van der Waals surface area contributed by atoms with Gasteiger partial charge < -0.3 is 15.4 Å². The van der Waals surface area contributed by atoms with Gasteiger partial charge in [-0.25, -0.2) is 0 Å². The number of carbonyl (C=O) groups excluding carboxylic acids is 1. The Balaban J connectivity index is 2.68. The third kappa shape index (κ3) is 4.07. The third-order valence-corrected chi connectivity index (χ3v) is 2.43. The van der Waals surface area contributed by atoms with E-state index >= 15 is 0 Å². The van der Waals surface area contributed by atoms with E-state index in [-0.39, 0.29) is 5.91 Å². The highest BCUT2D eigenvalue weighted by Gasteiger charge is 2.16. The number of hydrogen-bond acceptors (Lipinski definition) is 3. The van der Waals surface area contributed by atoms with Crippen molar-refractivity contribution < 1.29 is 9.53 Å². The number of amides is 1. The zero-order valence-electron chi connectivity index (χ0n) is 10.6. The van der Waals surface area contributed by atoms with Crippen molar-refractivity contribution in [2.75, 3.05) is 20.6 Å². The molecule has 0 saturated heterocycles. The lowest BCUT2D eigenvalue weighted by atomic mass is 10.1. The van der Waals surface area contributed by atoms with Crippen LogP contribution in [0.15, 0.2) is 24.3 Å². The lowest BCUT2D eigenvalue weighted by Gasteiger charge is -2.18. The molecule has 0 aliphatic heterocycles. The minimum Gasteiger partial charge on any atom is -0.481 e. The molecule has 1 rings (SSSR count). The molecule has 0 aliphatic carbocycles. The van der Waals surface area contributed by atoms with Gasteiger partial charge in [0.15, 0.2) is 6.10 Å². The first-order chi connectivity index (χ1) is 8.04. The van der Waals surface area contributed by atoms with Crippen LogP contribution in [0.3, 0.4) is 0 Å². The maximum atomic E-state index is 11.6. The Morgan fingerprint density at radius 1 is 1.47 bits per heavy atom. The summed E-state index contributed by atoms with van der Waals surface area (Å²) in [5, 5.41) is 0. The predicted molar refractivity (Wildman–Crippen MR) is 68.0 cm³/mol. The number of benzene rings is 1. The first kappa shape index (κ1) is 13.5. The van der Waals surface area contributed by atoms with Gasteiger partial charge in [-0.3, -0.25) is 4.79 Å². The molecule has 0 aliphatic rings. The molecule has 4 nitrogen and oxygen atoms in total. The third-order valence-electron chi connectivity index (χ3n) is 2.43. The minimum absolute atomic E-state index is 0.0470. The molecule has 17 heavy (non-hydrogen) atoms. The van der Waals surface area contributed by atoms with Crippen LogP contribution in [0.25, 0.3) is 0 Å². The van der Waals surface area contributed by atoms with E-state index in [1.807, 2.05) is 24.3 Å². The predicted octanol–water partition coefficient (Wildman–Crippen LogP) is 1.04. The lowest BCUT2D eigenvalue weighted by molar-refractivity contribution is -0.135. The first-order valence-corrected chi connectivity index (χ1v) is 5.71. The Hall–Kier alpha value is -1.55. The normalized spacial score (nSPS) is 12.0. The summed E-state index contributed by atoms with van der Waals surface area (Å²) in [7, 11) is 3.43.